The molecule has 2 aliphatic heterocycles. The minimum absolute atomic E-state index is 0.257. The molecule has 0 aromatic carbocycles. The van der Waals surface area contributed by atoms with Gasteiger partial charge in [-0.3, -0.25) is 9.69 Å². The lowest BCUT2D eigenvalue weighted by Gasteiger charge is -2.40. The van der Waals surface area contributed by atoms with Gasteiger partial charge in [0.1, 0.15) is 6.04 Å². The zero-order valence-corrected chi connectivity index (χ0v) is 11.5. The van der Waals surface area contributed by atoms with E-state index in [1.165, 1.54) is 0 Å². The van der Waals surface area contributed by atoms with Crippen LogP contribution in [0, 0.1) is 5.92 Å². The molecule has 2 heterocycles. The minimum atomic E-state index is -0.668. The molecule has 1 N–H and O–H groups in total. The van der Waals surface area contributed by atoms with E-state index >= 15 is 0 Å². The number of hydrogen-bond acceptors (Lipinski definition) is 4. The number of carboxylic acid groups (broad SMARTS) is 1. The first kappa shape index (κ1) is 13.3. The smallest absolute Gasteiger partial charge is 0.321 e. The van der Waals surface area contributed by atoms with Gasteiger partial charge in [0.25, 0.3) is 0 Å². The molecule has 2 atom stereocenters. The molecule has 2 saturated heterocycles. The van der Waals surface area contributed by atoms with Gasteiger partial charge in [0, 0.05) is 18.9 Å². The lowest BCUT2D eigenvalue weighted by atomic mass is 9.88. The van der Waals surface area contributed by atoms with Gasteiger partial charge in [-0.15, -0.1) is 0 Å². The Morgan fingerprint density at radius 1 is 1.21 bits per heavy atom. The normalized spacial score (nSPS) is 36.1. The van der Waals surface area contributed by atoms with Crippen LogP contribution >= 0.6 is 0 Å². The zero-order chi connectivity index (χ0) is 13.5. The average molecular weight is 269 g/mol. The molecule has 19 heavy (non-hydrogen) atoms. The quantitative estimate of drug-likeness (QED) is 0.822. The number of hydrogen-bond donors (Lipinski definition) is 1. The van der Waals surface area contributed by atoms with E-state index in [0.717, 1.165) is 38.6 Å². The van der Waals surface area contributed by atoms with E-state index in [2.05, 4.69) is 4.90 Å². The third-order valence-electron chi connectivity index (χ3n) is 4.99. The predicted molar refractivity (Wildman–Crippen MR) is 68.8 cm³/mol. The number of nitrogens with zero attached hydrogens (tertiary/aromatic N) is 1. The number of likely N-dealkylation sites (tertiary alicyclic amines) is 1. The first-order chi connectivity index (χ1) is 9.11. The molecule has 2 unspecified atom stereocenters. The van der Waals surface area contributed by atoms with Crippen molar-refractivity contribution in [2.24, 2.45) is 5.92 Å². The first-order valence-electron chi connectivity index (χ1n) is 7.38. The van der Waals surface area contributed by atoms with Crippen LogP contribution in [0.25, 0.3) is 0 Å². The Bertz CT molecular complexity index is 343. The van der Waals surface area contributed by atoms with Crippen molar-refractivity contribution < 1.29 is 19.4 Å². The maximum Gasteiger partial charge on any atom is 0.321 e. The van der Waals surface area contributed by atoms with Gasteiger partial charge in [0.15, 0.2) is 5.79 Å². The monoisotopic (exact) mass is 269 g/mol. The summed E-state index contributed by atoms with van der Waals surface area (Å²) in [5, 5.41) is 9.40. The lowest BCUT2D eigenvalue weighted by molar-refractivity contribution is -0.185. The van der Waals surface area contributed by atoms with Crippen molar-refractivity contribution in [3.8, 4) is 0 Å². The van der Waals surface area contributed by atoms with Crippen LogP contribution in [0.4, 0.5) is 0 Å². The van der Waals surface area contributed by atoms with Crippen LogP contribution in [0.5, 0.6) is 0 Å². The molecule has 1 saturated carbocycles. The van der Waals surface area contributed by atoms with Gasteiger partial charge in [-0.2, -0.15) is 0 Å². The largest absolute Gasteiger partial charge is 0.480 e. The summed E-state index contributed by atoms with van der Waals surface area (Å²) in [4.78, 5) is 13.6. The van der Waals surface area contributed by atoms with Crippen LogP contribution in [0.3, 0.4) is 0 Å². The SMILES string of the molecule is CC1CCN(C2CCC3(CC2)OCCO3)C1C(=O)O. The third-order valence-corrected chi connectivity index (χ3v) is 4.99. The van der Waals surface area contributed by atoms with Gasteiger partial charge in [-0.25, -0.2) is 0 Å². The summed E-state index contributed by atoms with van der Waals surface area (Å²) in [5.74, 6) is -0.758. The highest BCUT2D eigenvalue weighted by atomic mass is 16.7. The highest BCUT2D eigenvalue weighted by Crippen LogP contribution is 2.39. The number of ether oxygens (including phenoxy) is 2. The van der Waals surface area contributed by atoms with Gasteiger partial charge in [0.05, 0.1) is 13.2 Å². The summed E-state index contributed by atoms with van der Waals surface area (Å²) in [7, 11) is 0. The Morgan fingerprint density at radius 3 is 2.42 bits per heavy atom. The molecule has 3 fully saturated rings. The van der Waals surface area contributed by atoms with Gasteiger partial charge < -0.3 is 14.6 Å². The topological polar surface area (TPSA) is 59.0 Å². The van der Waals surface area contributed by atoms with E-state index in [4.69, 9.17) is 9.47 Å². The highest BCUT2D eigenvalue weighted by molar-refractivity contribution is 5.74. The number of carbonyl (C=O) groups is 1. The predicted octanol–water partition coefficient (Wildman–Crippen LogP) is 1.47. The van der Waals surface area contributed by atoms with Gasteiger partial charge >= 0.3 is 5.97 Å². The number of aliphatic carboxylic acids is 1. The second-order valence-corrected chi connectivity index (χ2v) is 6.13. The minimum Gasteiger partial charge on any atom is -0.480 e. The van der Waals surface area contributed by atoms with E-state index in [1.807, 2.05) is 6.92 Å². The van der Waals surface area contributed by atoms with Crippen molar-refractivity contribution in [2.45, 2.75) is 56.9 Å². The molecule has 5 heteroatoms. The van der Waals surface area contributed by atoms with Crippen molar-refractivity contribution >= 4 is 5.97 Å². The average Bonchev–Trinajstić information content (AvgIpc) is 2.98. The standard InChI is InChI=1S/C14H23NO4/c1-10-4-7-15(12(10)13(16)17)11-2-5-14(6-3-11)18-8-9-19-14/h10-12H,2-9H2,1H3,(H,16,17). The molecular formula is C14H23NO4. The molecule has 108 valence electrons. The summed E-state index contributed by atoms with van der Waals surface area (Å²) >= 11 is 0. The van der Waals surface area contributed by atoms with Crippen molar-refractivity contribution in [3.05, 3.63) is 0 Å². The Kier molecular flexibility index (Phi) is 3.53. The van der Waals surface area contributed by atoms with Crippen molar-refractivity contribution in [3.63, 3.8) is 0 Å². The molecule has 0 amide bonds. The summed E-state index contributed by atoms with van der Waals surface area (Å²) in [6.45, 7) is 4.36. The molecule has 0 radical (unpaired) electrons. The van der Waals surface area contributed by atoms with E-state index in [-0.39, 0.29) is 17.7 Å². The van der Waals surface area contributed by atoms with Crippen LogP contribution < -0.4 is 0 Å². The third kappa shape index (κ3) is 2.39. The molecule has 3 rings (SSSR count). The van der Waals surface area contributed by atoms with Crippen LogP contribution in [-0.2, 0) is 14.3 Å². The van der Waals surface area contributed by atoms with E-state index in [0.29, 0.717) is 19.3 Å². The van der Waals surface area contributed by atoms with Gasteiger partial charge in [0.2, 0.25) is 0 Å². The second kappa shape index (κ2) is 5.04. The lowest BCUT2D eigenvalue weighted by Crippen LogP contribution is -2.49. The molecule has 3 aliphatic rings. The van der Waals surface area contributed by atoms with Crippen LogP contribution in [0.2, 0.25) is 0 Å². The first-order valence-corrected chi connectivity index (χ1v) is 7.38. The van der Waals surface area contributed by atoms with Crippen molar-refractivity contribution in [1.82, 2.24) is 4.90 Å². The van der Waals surface area contributed by atoms with E-state index in [1.54, 1.807) is 0 Å². The molecule has 5 nitrogen and oxygen atoms in total. The van der Waals surface area contributed by atoms with E-state index < -0.39 is 5.97 Å². The van der Waals surface area contributed by atoms with Crippen LogP contribution in [0.15, 0.2) is 0 Å². The Morgan fingerprint density at radius 2 is 1.84 bits per heavy atom. The summed E-state index contributed by atoms with van der Waals surface area (Å²) in [6.07, 6.45) is 4.75. The van der Waals surface area contributed by atoms with Crippen LogP contribution in [0.1, 0.15) is 39.0 Å². The number of rotatable bonds is 2. The molecule has 0 bridgehead atoms. The molecule has 0 aromatic rings. The van der Waals surface area contributed by atoms with Gasteiger partial charge in [-0.1, -0.05) is 6.92 Å². The zero-order valence-electron chi connectivity index (χ0n) is 11.5. The fraction of sp³-hybridized carbons (Fsp3) is 0.929. The molecule has 1 aliphatic carbocycles. The van der Waals surface area contributed by atoms with E-state index in [9.17, 15) is 9.90 Å². The fourth-order valence-corrected chi connectivity index (χ4v) is 3.93. The molecule has 1 spiro atoms. The fourth-order valence-electron chi connectivity index (χ4n) is 3.93. The van der Waals surface area contributed by atoms with Crippen molar-refractivity contribution in [2.75, 3.05) is 19.8 Å². The summed E-state index contributed by atoms with van der Waals surface area (Å²) in [5.41, 5.74) is 0. The Labute approximate surface area is 113 Å². The van der Waals surface area contributed by atoms with Crippen molar-refractivity contribution in [1.29, 1.82) is 0 Å². The summed E-state index contributed by atoms with van der Waals surface area (Å²) < 4.78 is 11.5. The Hall–Kier alpha value is -0.650. The maximum atomic E-state index is 11.4. The second-order valence-electron chi connectivity index (χ2n) is 6.13. The summed E-state index contributed by atoms with van der Waals surface area (Å²) in [6, 6.07) is 0.0777. The highest BCUT2D eigenvalue weighted by Gasteiger charge is 2.46. The molecule has 0 aromatic heterocycles. The van der Waals surface area contributed by atoms with Gasteiger partial charge in [-0.05, 0) is 31.7 Å². The van der Waals surface area contributed by atoms with Crippen LogP contribution in [-0.4, -0.2) is 53.6 Å². The maximum absolute atomic E-state index is 11.4. The Balaban J connectivity index is 1.63. The number of carboxylic acids is 1. The molecular weight excluding hydrogens is 246 g/mol.